The van der Waals surface area contributed by atoms with Crippen molar-refractivity contribution in [2.24, 2.45) is 0 Å². The molecule has 3 rings (SSSR count). The Balaban J connectivity index is 2.04. The van der Waals surface area contributed by atoms with Gasteiger partial charge in [0.15, 0.2) is 0 Å². The van der Waals surface area contributed by atoms with Gasteiger partial charge in [-0.05, 0) is 60.5 Å². The van der Waals surface area contributed by atoms with E-state index in [1.165, 1.54) is 43.3 Å². The van der Waals surface area contributed by atoms with E-state index in [2.05, 4.69) is 5.32 Å². The number of likely N-dealkylation sites (N-methyl/N-ethyl adjacent to an activating group) is 1. The normalized spacial score (nSPS) is 11.9. The number of ether oxygens (including phenoxy) is 1. The summed E-state index contributed by atoms with van der Waals surface area (Å²) >= 11 is 0. The maximum absolute atomic E-state index is 13.8. The summed E-state index contributed by atoms with van der Waals surface area (Å²) in [5, 5.41) is 2.58. The molecule has 0 fully saturated rings. The Morgan fingerprint density at radius 2 is 1.68 bits per heavy atom. The number of hydrogen-bond donors (Lipinski definition) is 1. The summed E-state index contributed by atoms with van der Waals surface area (Å²) in [5.74, 6) is -0.935. The lowest BCUT2D eigenvalue weighted by Gasteiger charge is -2.33. The number of hydrogen-bond acceptors (Lipinski definition) is 5. The predicted octanol–water partition coefficient (Wildman–Crippen LogP) is 3.58. The molecule has 0 aliphatic carbocycles. The number of rotatable bonds is 11. The van der Waals surface area contributed by atoms with Crippen molar-refractivity contribution >= 4 is 27.5 Å². The Hall–Kier alpha value is -3.92. The van der Waals surface area contributed by atoms with E-state index in [9.17, 15) is 22.4 Å². The number of methoxy groups -OCH3 is 1. The number of sulfonamides is 1. The number of carbonyl (C=O) groups excluding carboxylic acids is 2. The molecule has 3 aromatic rings. The molecule has 0 aliphatic heterocycles. The molecule has 0 heterocycles. The Morgan fingerprint density at radius 1 is 1.00 bits per heavy atom. The van der Waals surface area contributed by atoms with Gasteiger partial charge in [0.05, 0.1) is 17.7 Å². The SMILES string of the molecule is CC[C@@H](C(=O)NC)N(Cc1cccc(OC)c1)C(=O)CN(c1ccc(F)cc1)S(=O)(=O)c1ccccc1. The van der Waals surface area contributed by atoms with Crippen molar-refractivity contribution < 1.29 is 27.1 Å². The van der Waals surface area contributed by atoms with E-state index >= 15 is 0 Å². The first kappa shape index (κ1) is 27.7. The number of carbonyl (C=O) groups is 2. The number of nitrogens with zero attached hydrogens (tertiary/aromatic N) is 2. The second-order valence-corrected chi connectivity index (χ2v) is 10.1. The number of benzene rings is 3. The Morgan fingerprint density at radius 3 is 2.27 bits per heavy atom. The van der Waals surface area contributed by atoms with Crippen LogP contribution in [0.15, 0.2) is 83.8 Å². The lowest BCUT2D eigenvalue weighted by atomic mass is 10.1. The van der Waals surface area contributed by atoms with Crippen molar-refractivity contribution in [1.29, 1.82) is 0 Å². The molecule has 2 amide bonds. The minimum atomic E-state index is -4.19. The summed E-state index contributed by atoms with van der Waals surface area (Å²) in [4.78, 5) is 27.8. The van der Waals surface area contributed by atoms with Crippen LogP contribution < -0.4 is 14.4 Å². The van der Waals surface area contributed by atoms with Crippen molar-refractivity contribution in [3.05, 3.63) is 90.2 Å². The van der Waals surface area contributed by atoms with Gasteiger partial charge in [-0.15, -0.1) is 0 Å². The van der Waals surface area contributed by atoms with Gasteiger partial charge in [0.2, 0.25) is 11.8 Å². The van der Waals surface area contributed by atoms with Crippen LogP contribution in [0.2, 0.25) is 0 Å². The van der Waals surface area contributed by atoms with Crippen LogP contribution >= 0.6 is 0 Å². The Labute approximate surface area is 216 Å². The fourth-order valence-electron chi connectivity index (χ4n) is 3.91. The van der Waals surface area contributed by atoms with Gasteiger partial charge in [-0.3, -0.25) is 13.9 Å². The van der Waals surface area contributed by atoms with Crippen LogP contribution in [0.5, 0.6) is 5.75 Å². The van der Waals surface area contributed by atoms with Crippen molar-refractivity contribution in [2.75, 3.05) is 25.0 Å². The van der Waals surface area contributed by atoms with Crippen LogP contribution in [0, 0.1) is 5.82 Å². The molecule has 10 heteroatoms. The summed E-state index contributed by atoms with van der Waals surface area (Å²) in [6.45, 7) is 1.22. The molecule has 0 saturated carbocycles. The Kier molecular flexibility index (Phi) is 9.24. The fourth-order valence-corrected chi connectivity index (χ4v) is 5.34. The summed E-state index contributed by atoms with van der Waals surface area (Å²) < 4.78 is 47.1. The highest BCUT2D eigenvalue weighted by Gasteiger charge is 2.33. The van der Waals surface area contributed by atoms with Crippen LogP contribution in [0.4, 0.5) is 10.1 Å². The van der Waals surface area contributed by atoms with Gasteiger partial charge in [-0.2, -0.15) is 0 Å². The van der Waals surface area contributed by atoms with Crippen LogP contribution in [0.3, 0.4) is 0 Å². The zero-order valence-corrected chi connectivity index (χ0v) is 21.7. The molecule has 3 aromatic carbocycles. The molecular formula is C27H30FN3O5S. The van der Waals surface area contributed by atoms with Gasteiger partial charge in [0, 0.05) is 13.6 Å². The molecule has 0 radical (unpaired) electrons. The summed E-state index contributed by atoms with van der Waals surface area (Å²) in [5.41, 5.74) is 0.822. The first-order chi connectivity index (χ1) is 17.7. The first-order valence-corrected chi connectivity index (χ1v) is 13.1. The zero-order chi connectivity index (χ0) is 27.0. The molecule has 0 spiro atoms. The van der Waals surface area contributed by atoms with Crippen LogP contribution in [-0.2, 0) is 26.2 Å². The second-order valence-electron chi connectivity index (χ2n) is 8.21. The lowest BCUT2D eigenvalue weighted by molar-refractivity contribution is -0.140. The molecular weight excluding hydrogens is 497 g/mol. The zero-order valence-electron chi connectivity index (χ0n) is 20.9. The van der Waals surface area contributed by atoms with Crippen molar-refractivity contribution in [3.8, 4) is 5.75 Å². The van der Waals surface area contributed by atoms with E-state index in [1.54, 1.807) is 49.4 Å². The van der Waals surface area contributed by atoms with Crippen molar-refractivity contribution in [2.45, 2.75) is 30.8 Å². The van der Waals surface area contributed by atoms with Crippen LogP contribution in [0.25, 0.3) is 0 Å². The minimum Gasteiger partial charge on any atom is -0.497 e. The average molecular weight is 528 g/mol. The smallest absolute Gasteiger partial charge is 0.264 e. The topological polar surface area (TPSA) is 96.0 Å². The largest absolute Gasteiger partial charge is 0.497 e. The van der Waals surface area contributed by atoms with E-state index in [0.29, 0.717) is 17.7 Å². The van der Waals surface area contributed by atoms with E-state index in [4.69, 9.17) is 4.74 Å². The molecule has 196 valence electrons. The third-order valence-corrected chi connectivity index (χ3v) is 7.63. The lowest BCUT2D eigenvalue weighted by Crippen LogP contribution is -2.51. The highest BCUT2D eigenvalue weighted by molar-refractivity contribution is 7.92. The molecule has 0 bridgehead atoms. The minimum absolute atomic E-state index is 0.0233. The number of anilines is 1. The van der Waals surface area contributed by atoms with E-state index in [1.807, 2.05) is 0 Å². The maximum Gasteiger partial charge on any atom is 0.264 e. The van der Waals surface area contributed by atoms with Crippen LogP contribution in [0.1, 0.15) is 18.9 Å². The van der Waals surface area contributed by atoms with Gasteiger partial charge < -0.3 is 15.0 Å². The molecule has 0 aliphatic rings. The average Bonchev–Trinajstić information content (AvgIpc) is 2.92. The van der Waals surface area contributed by atoms with E-state index in [-0.39, 0.29) is 23.0 Å². The molecule has 8 nitrogen and oxygen atoms in total. The molecule has 1 atom stereocenters. The highest BCUT2D eigenvalue weighted by Crippen LogP contribution is 2.25. The van der Waals surface area contributed by atoms with Gasteiger partial charge in [0.1, 0.15) is 24.2 Å². The number of amides is 2. The summed E-state index contributed by atoms with van der Waals surface area (Å²) in [6.07, 6.45) is 0.303. The number of nitrogens with one attached hydrogen (secondary N) is 1. The van der Waals surface area contributed by atoms with E-state index in [0.717, 1.165) is 16.4 Å². The van der Waals surface area contributed by atoms with Crippen LogP contribution in [-0.4, -0.2) is 51.9 Å². The fraction of sp³-hybridized carbons (Fsp3) is 0.259. The maximum atomic E-state index is 13.8. The van der Waals surface area contributed by atoms with Gasteiger partial charge in [-0.25, -0.2) is 12.8 Å². The third kappa shape index (κ3) is 6.65. The van der Waals surface area contributed by atoms with Crippen molar-refractivity contribution in [1.82, 2.24) is 10.2 Å². The summed E-state index contributed by atoms with van der Waals surface area (Å²) in [7, 11) is -1.19. The predicted molar refractivity (Wildman–Crippen MR) is 139 cm³/mol. The molecule has 0 saturated heterocycles. The Bertz CT molecular complexity index is 1320. The highest BCUT2D eigenvalue weighted by atomic mass is 32.2. The molecule has 37 heavy (non-hydrogen) atoms. The summed E-state index contributed by atoms with van der Waals surface area (Å²) in [6, 6.07) is 18.7. The first-order valence-electron chi connectivity index (χ1n) is 11.7. The van der Waals surface area contributed by atoms with Gasteiger partial charge >= 0.3 is 0 Å². The monoisotopic (exact) mass is 527 g/mol. The second kappa shape index (κ2) is 12.4. The quantitative estimate of drug-likeness (QED) is 0.411. The third-order valence-electron chi connectivity index (χ3n) is 5.84. The van der Waals surface area contributed by atoms with Gasteiger partial charge in [-0.1, -0.05) is 37.3 Å². The van der Waals surface area contributed by atoms with E-state index < -0.39 is 34.3 Å². The van der Waals surface area contributed by atoms with Gasteiger partial charge in [0.25, 0.3) is 10.0 Å². The van der Waals surface area contributed by atoms with Crippen molar-refractivity contribution in [3.63, 3.8) is 0 Å². The molecule has 0 unspecified atom stereocenters. The molecule has 1 N–H and O–H groups in total. The number of halogens is 1. The molecule has 0 aromatic heterocycles. The standard InChI is InChI=1S/C27H30FN3O5S/c1-4-25(27(33)29-2)30(18-20-9-8-10-23(17-20)36-3)26(32)19-31(22-15-13-21(28)14-16-22)37(34,35)24-11-6-5-7-12-24/h5-17,25H,4,18-19H2,1-3H3,(H,29,33)/t25-/m0/s1.